The normalized spacial score (nSPS) is 16.0. The molecule has 4 heteroatoms. The van der Waals surface area contributed by atoms with Crippen LogP contribution in [0.5, 0.6) is 0 Å². The first-order chi connectivity index (χ1) is 6.92. The first-order valence-corrected chi connectivity index (χ1v) is 4.85. The maximum atomic E-state index is 5.16. The number of nitrogens with zero attached hydrogens (tertiary/aromatic N) is 3. The first kappa shape index (κ1) is 7.79. The Hall–Kier alpha value is -1.58. The predicted octanol–water partition coefficient (Wildman–Crippen LogP) is 1.80. The van der Waals surface area contributed by atoms with Gasteiger partial charge in [0.05, 0.1) is 6.54 Å². The van der Waals surface area contributed by atoms with Crippen LogP contribution in [-0.4, -0.2) is 14.7 Å². The van der Waals surface area contributed by atoms with Crippen molar-refractivity contribution in [3.8, 4) is 0 Å². The molecule has 1 saturated carbocycles. The van der Waals surface area contributed by atoms with Gasteiger partial charge in [0.2, 0.25) is 5.89 Å². The Morgan fingerprint density at radius 3 is 2.86 bits per heavy atom. The molecular formula is C10H11N3O. The highest BCUT2D eigenvalue weighted by molar-refractivity contribution is 5.02. The summed E-state index contributed by atoms with van der Waals surface area (Å²) in [5.74, 6) is 2.12. The summed E-state index contributed by atoms with van der Waals surface area (Å²) in [5, 5.41) is 3.95. The molecule has 0 amide bonds. The Bertz CT molecular complexity index is 414. The smallest absolute Gasteiger partial charge is 0.229 e. The summed E-state index contributed by atoms with van der Waals surface area (Å²) in [6, 6.07) is 3.98. The third-order valence-corrected chi connectivity index (χ3v) is 2.40. The van der Waals surface area contributed by atoms with Crippen molar-refractivity contribution in [2.75, 3.05) is 0 Å². The molecule has 14 heavy (non-hydrogen) atoms. The zero-order chi connectivity index (χ0) is 9.38. The van der Waals surface area contributed by atoms with E-state index >= 15 is 0 Å². The molecule has 2 aromatic rings. The van der Waals surface area contributed by atoms with E-state index in [4.69, 9.17) is 4.52 Å². The molecule has 0 unspecified atom stereocenters. The maximum absolute atomic E-state index is 5.16. The average molecular weight is 189 g/mol. The van der Waals surface area contributed by atoms with Crippen molar-refractivity contribution in [3.05, 3.63) is 36.2 Å². The van der Waals surface area contributed by atoms with E-state index in [2.05, 4.69) is 10.1 Å². The molecule has 0 spiro atoms. The molecule has 0 atom stereocenters. The van der Waals surface area contributed by atoms with Crippen molar-refractivity contribution in [3.63, 3.8) is 0 Å². The van der Waals surface area contributed by atoms with Gasteiger partial charge in [-0.1, -0.05) is 5.16 Å². The topological polar surface area (TPSA) is 43.9 Å². The molecule has 72 valence electrons. The molecule has 2 heterocycles. The van der Waals surface area contributed by atoms with Crippen LogP contribution in [0.3, 0.4) is 0 Å². The lowest BCUT2D eigenvalue weighted by molar-refractivity contribution is 0.373. The molecule has 0 radical (unpaired) electrons. The summed E-state index contributed by atoms with van der Waals surface area (Å²) in [5.41, 5.74) is 0. The molecule has 0 bridgehead atoms. The van der Waals surface area contributed by atoms with Gasteiger partial charge in [0.15, 0.2) is 5.82 Å². The standard InChI is InChI=1S/C10H11N3O/c1-2-6-13(5-1)7-9-11-10(14-12-9)8-3-4-8/h1-2,5-6,8H,3-4,7H2. The van der Waals surface area contributed by atoms with E-state index in [9.17, 15) is 0 Å². The van der Waals surface area contributed by atoms with Crippen molar-refractivity contribution in [1.82, 2.24) is 14.7 Å². The summed E-state index contributed by atoms with van der Waals surface area (Å²) >= 11 is 0. The summed E-state index contributed by atoms with van der Waals surface area (Å²) in [4.78, 5) is 4.35. The highest BCUT2D eigenvalue weighted by atomic mass is 16.5. The second kappa shape index (κ2) is 2.97. The fraction of sp³-hybridized carbons (Fsp3) is 0.400. The largest absolute Gasteiger partial charge is 0.347 e. The lowest BCUT2D eigenvalue weighted by Gasteiger charge is -1.94. The van der Waals surface area contributed by atoms with Crippen molar-refractivity contribution in [2.45, 2.75) is 25.3 Å². The third kappa shape index (κ3) is 1.43. The van der Waals surface area contributed by atoms with E-state index < -0.39 is 0 Å². The molecule has 1 aliphatic carbocycles. The molecule has 0 saturated heterocycles. The van der Waals surface area contributed by atoms with E-state index in [-0.39, 0.29) is 0 Å². The maximum Gasteiger partial charge on any atom is 0.229 e. The third-order valence-electron chi connectivity index (χ3n) is 2.40. The zero-order valence-electron chi connectivity index (χ0n) is 7.76. The van der Waals surface area contributed by atoms with Crippen LogP contribution >= 0.6 is 0 Å². The first-order valence-electron chi connectivity index (χ1n) is 4.85. The van der Waals surface area contributed by atoms with Crippen LogP contribution < -0.4 is 0 Å². The quantitative estimate of drug-likeness (QED) is 0.739. The van der Waals surface area contributed by atoms with E-state index in [1.165, 1.54) is 12.8 Å². The minimum atomic E-state index is 0.543. The van der Waals surface area contributed by atoms with Gasteiger partial charge in [0, 0.05) is 18.3 Å². The van der Waals surface area contributed by atoms with Crippen molar-refractivity contribution < 1.29 is 4.52 Å². The lowest BCUT2D eigenvalue weighted by Crippen LogP contribution is -1.98. The number of hydrogen-bond acceptors (Lipinski definition) is 3. The Morgan fingerprint density at radius 2 is 2.14 bits per heavy atom. The summed E-state index contributed by atoms with van der Waals surface area (Å²) < 4.78 is 7.19. The van der Waals surface area contributed by atoms with Crippen LogP contribution in [0.25, 0.3) is 0 Å². The fourth-order valence-corrected chi connectivity index (χ4v) is 1.47. The van der Waals surface area contributed by atoms with Crippen LogP contribution in [0.2, 0.25) is 0 Å². The second-order valence-electron chi connectivity index (χ2n) is 3.68. The minimum Gasteiger partial charge on any atom is -0.347 e. The molecule has 0 aliphatic heterocycles. The Balaban J connectivity index is 1.76. The monoisotopic (exact) mass is 189 g/mol. The van der Waals surface area contributed by atoms with Crippen molar-refractivity contribution in [1.29, 1.82) is 0 Å². The summed E-state index contributed by atoms with van der Waals surface area (Å²) in [6.07, 6.45) is 6.39. The average Bonchev–Trinajstić information content (AvgIpc) is 2.75. The van der Waals surface area contributed by atoms with Gasteiger partial charge in [0.1, 0.15) is 0 Å². The van der Waals surface area contributed by atoms with Gasteiger partial charge in [-0.3, -0.25) is 0 Å². The van der Waals surface area contributed by atoms with Crippen molar-refractivity contribution >= 4 is 0 Å². The Labute approximate surface area is 81.5 Å². The van der Waals surface area contributed by atoms with Gasteiger partial charge in [-0.2, -0.15) is 4.98 Å². The van der Waals surface area contributed by atoms with Crippen LogP contribution in [-0.2, 0) is 6.54 Å². The molecule has 4 nitrogen and oxygen atoms in total. The predicted molar refractivity (Wildman–Crippen MR) is 49.8 cm³/mol. The van der Waals surface area contributed by atoms with Crippen molar-refractivity contribution in [2.24, 2.45) is 0 Å². The van der Waals surface area contributed by atoms with E-state index in [1.807, 2.05) is 29.1 Å². The summed E-state index contributed by atoms with van der Waals surface area (Å²) in [7, 11) is 0. The Kier molecular flexibility index (Phi) is 1.65. The van der Waals surface area contributed by atoms with E-state index in [0.29, 0.717) is 12.5 Å². The molecular weight excluding hydrogens is 178 g/mol. The van der Waals surface area contributed by atoms with Crippen LogP contribution in [0.4, 0.5) is 0 Å². The second-order valence-corrected chi connectivity index (χ2v) is 3.68. The molecule has 0 aromatic carbocycles. The summed E-state index contributed by atoms with van der Waals surface area (Å²) in [6.45, 7) is 0.698. The lowest BCUT2D eigenvalue weighted by atomic mass is 10.4. The van der Waals surface area contributed by atoms with E-state index in [0.717, 1.165) is 11.7 Å². The molecule has 3 rings (SSSR count). The number of aromatic nitrogens is 3. The number of rotatable bonds is 3. The van der Waals surface area contributed by atoms with Crippen LogP contribution in [0, 0.1) is 0 Å². The minimum absolute atomic E-state index is 0.543. The molecule has 1 fully saturated rings. The Morgan fingerprint density at radius 1 is 1.36 bits per heavy atom. The number of hydrogen-bond donors (Lipinski definition) is 0. The van der Waals surface area contributed by atoms with Crippen LogP contribution in [0.15, 0.2) is 29.0 Å². The van der Waals surface area contributed by atoms with E-state index in [1.54, 1.807) is 0 Å². The van der Waals surface area contributed by atoms with Gasteiger partial charge in [0.25, 0.3) is 0 Å². The van der Waals surface area contributed by atoms with Gasteiger partial charge in [-0.25, -0.2) is 0 Å². The van der Waals surface area contributed by atoms with Gasteiger partial charge >= 0.3 is 0 Å². The van der Waals surface area contributed by atoms with Gasteiger partial charge in [-0.05, 0) is 25.0 Å². The van der Waals surface area contributed by atoms with Crippen LogP contribution in [0.1, 0.15) is 30.5 Å². The zero-order valence-corrected chi connectivity index (χ0v) is 7.76. The van der Waals surface area contributed by atoms with Gasteiger partial charge in [-0.15, -0.1) is 0 Å². The molecule has 2 aromatic heterocycles. The highest BCUT2D eigenvalue weighted by Crippen LogP contribution is 2.38. The fourth-order valence-electron chi connectivity index (χ4n) is 1.47. The molecule has 0 N–H and O–H groups in total. The highest BCUT2D eigenvalue weighted by Gasteiger charge is 2.29. The molecule has 1 aliphatic rings. The SMILES string of the molecule is c1ccn(Cc2noc(C3CC3)n2)c1. The van der Waals surface area contributed by atoms with Gasteiger partial charge < -0.3 is 9.09 Å².